The number of oxime groups is 1. The Bertz CT molecular complexity index is 905. The van der Waals surface area contributed by atoms with Gasteiger partial charge in [0, 0.05) is 45.4 Å². The van der Waals surface area contributed by atoms with Gasteiger partial charge in [-0.3, -0.25) is 0 Å². The summed E-state index contributed by atoms with van der Waals surface area (Å²) in [6.07, 6.45) is 11.1. The molecule has 0 spiro atoms. The first-order valence-corrected chi connectivity index (χ1v) is 9.90. The van der Waals surface area contributed by atoms with E-state index >= 15 is 0 Å². The summed E-state index contributed by atoms with van der Waals surface area (Å²) in [5.74, 6) is 0. The predicted octanol–water partition coefficient (Wildman–Crippen LogP) is 4.52. The van der Waals surface area contributed by atoms with Crippen molar-refractivity contribution >= 4 is 29.4 Å². The van der Waals surface area contributed by atoms with Gasteiger partial charge in [-0.1, -0.05) is 34.4 Å². The Morgan fingerprint density at radius 3 is 2.07 bits per heavy atom. The summed E-state index contributed by atoms with van der Waals surface area (Å²) in [7, 11) is 0. The maximum absolute atomic E-state index is 6.11. The second-order valence-corrected chi connectivity index (χ2v) is 7.36. The Hall–Kier alpha value is -2.43. The molecule has 1 aromatic carbocycles. The number of pyridine rings is 2. The van der Waals surface area contributed by atoms with Gasteiger partial charge in [-0.2, -0.15) is 0 Å². The van der Waals surface area contributed by atoms with Crippen LogP contribution in [0.15, 0.2) is 72.4 Å². The smallest absolute Gasteiger partial charge is 0.169 e. The van der Waals surface area contributed by atoms with Crippen molar-refractivity contribution in [3.8, 4) is 0 Å². The molecule has 2 heterocycles. The number of hydrogen-bond donors (Lipinski definition) is 0. The molecule has 0 radical (unpaired) electrons. The van der Waals surface area contributed by atoms with Crippen molar-refractivity contribution in [1.82, 2.24) is 0 Å². The van der Waals surface area contributed by atoms with Crippen LogP contribution in [0.5, 0.6) is 0 Å². The lowest BCUT2D eigenvalue weighted by atomic mass is 10.2. The SMILES string of the molecule is Cc1cc[n+](CCC[n+]2ccc(/C=N\OCc3c(Cl)cccc3Cl)cc2)cc1. The molecule has 144 valence electrons. The molecule has 0 unspecified atom stereocenters. The minimum Gasteiger partial charge on any atom is -0.391 e. The Labute approximate surface area is 175 Å². The summed E-state index contributed by atoms with van der Waals surface area (Å²) in [5, 5.41) is 5.16. The molecular weight excluding hydrogens is 393 g/mol. The minimum absolute atomic E-state index is 0.235. The number of rotatable bonds is 8. The van der Waals surface area contributed by atoms with Gasteiger partial charge < -0.3 is 4.84 Å². The van der Waals surface area contributed by atoms with Gasteiger partial charge in [-0.05, 0) is 24.6 Å². The molecule has 0 N–H and O–H groups in total. The van der Waals surface area contributed by atoms with Crippen LogP contribution >= 0.6 is 23.2 Å². The van der Waals surface area contributed by atoms with Crippen molar-refractivity contribution in [1.29, 1.82) is 0 Å². The van der Waals surface area contributed by atoms with Crippen LogP contribution in [-0.4, -0.2) is 6.21 Å². The van der Waals surface area contributed by atoms with Crippen molar-refractivity contribution in [3.63, 3.8) is 0 Å². The lowest BCUT2D eigenvalue weighted by Gasteiger charge is -2.04. The van der Waals surface area contributed by atoms with Crippen LogP contribution in [0.25, 0.3) is 0 Å². The third-order valence-corrected chi connectivity index (χ3v) is 5.06. The topological polar surface area (TPSA) is 29.3 Å². The molecule has 0 bridgehead atoms. The quantitative estimate of drug-likeness (QED) is 0.302. The molecule has 0 aliphatic heterocycles. The highest BCUT2D eigenvalue weighted by Gasteiger charge is 2.06. The molecule has 0 aliphatic rings. The van der Waals surface area contributed by atoms with Crippen LogP contribution in [0.2, 0.25) is 10.0 Å². The van der Waals surface area contributed by atoms with Gasteiger partial charge in [0.15, 0.2) is 37.9 Å². The van der Waals surface area contributed by atoms with E-state index in [0.717, 1.165) is 30.6 Å². The number of halogens is 2. The van der Waals surface area contributed by atoms with Gasteiger partial charge in [0.1, 0.15) is 6.61 Å². The van der Waals surface area contributed by atoms with E-state index in [-0.39, 0.29) is 6.61 Å². The second-order valence-electron chi connectivity index (χ2n) is 6.54. The maximum Gasteiger partial charge on any atom is 0.169 e. The van der Waals surface area contributed by atoms with Gasteiger partial charge in [0.2, 0.25) is 0 Å². The second kappa shape index (κ2) is 10.2. The van der Waals surface area contributed by atoms with Crippen LogP contribution in [0.4, 0.5) is 0 Å². The first-order valence-electron chi connectivity index (χ1n) is 9.15. The molecule has 0 saturated carbocycles. The van der Waals surface area contributed by atoms with Crippen LogP contribution < -0.4 is 9.13 Å². The lowest BCUT2D eigenvalue weighted by molar-refractivity contribution is -0.726. The van der Waals surface area contributed by atoms with Gasteiger partial charge in [-0.25, -0.2) is 9.13 Å². The van der Waals surface area contributed by atoms with E-state index in [9.17, 15) is 0 Å². The molecule has 28 heavy (non-hydrogen) atoms. The fraction of sp³-hybridized carbons (Fsp3) is 0.227. The van der Waals surface area contributed by atoms with E-state index in [1.54, 1.807) is 24.4 Å². The summed E-state index contributed by atoms with van der Waals surface area (Å²) in [6.45, 7) is 4.29. The van der Waals surface area contributed by atoms with Crippen molar-refractivity contribution in [2.45, 2.75) is 33.0 Å². The van der Waals surface area contributed by atoms with Crippen LogP contribution in [0, 0.1) is 6.92 Å². The summed E-state index contributed by atoms with van der Waals surface area (Å²) in [6, 6.07) is 13.6. The van der Waals surface area contributed by atoms with Crippen LogP contribution in [0.3, 0.4) is 0 Å². The fourth-order valence-electron chi connectivity index (χ4n) is 2.69. The highest BCUT2D eigenvalue weighted by molar-refractivity contribution is 6.35. The first-order chi connectivity index (χ1) is 13.6. The Kier molecular flexibility index (Phi) is 7.40. The van der Waals surface area contributed by atoms with E-state index in [4.69, 9.17) is 28.0 Å². The van der Waals surface area contributed by atoms with Crippen molar-refractivity contribution in [3.05, 3.63) is 94.0 Å². The number of nitrogens with zero attached hydrogens (tertiary/aromatic N) is 3. The number of aromatic nitrogens is 2. The average molecular weight is 416 g/mol. The number of benzene rings is 1. The van der Waals surface area contributed by atoms with Gasteiger partial charge in [0.05, 0.1) is 12.6 Å². The molecule has 6 heteroatoms. The highest BCUT2D eigenvalue weighted by Crippen LogP contribution is 2.24. The normalized spacial score (nSPS) is 11.1. The van der Waals surface area contributed by atoms with Crippen molar-refractivity contribution < 1.29 is 14.0 Å². The Balaban J connectivity index is 1.44. The lowest BCUT2D eigenvalue weighted by Crippen LogP contribution is -2.38. The monoisotopic (exact) mass is 415 g/mol. The first kappa shape index (κ1) is 20.3. The van der Waals surface area contributed by atoms with Crippen molar-refractivity contribution in [2.24, 2.45) is 5.16 Å². The zero-order valence-corrected chi connectivity index (χ0v) is 17.3. The Morgan fingerprint density at radius 2 is 1.46 bits per heavy atom. The van der Waals surface area contributed by atoms with Gasteiger partial charge in [-0.15, -0.1) is 0 Å². The fourth-order valence-corrected chi connectivity index (χ4v) is 3.20. The molecule has 2 aromatic heterocycles. The predicted molar refractivity (Wildman–Crippen MR) is 111 cm³/mol. The summed E-state index contributed by atoms with van der Waals surface area (Å²) in [5.41, 5.74) is 2.98. The van der Waals surface area contributed by atoms with E-state index < -0.39 is 0 Å². The standard InChI is InChI=1S/C22H23Cl2N3O/c1-18-6-12-26(13-7-18)10-3-11-27-14-8-19(9-15-27)16-25-28-17-20-21(23)4-2-5-22(20)24/h2,4-9,12-16H,3,10-11,17H2,1H3/q+2/b25-16-. The molecule has 3 rings (SSSR count). The minimum atomic E-state index is 0.235. The highest BCUT2D eigenvalue weighted by atomic mass is 35.5. The average Bonchev–Trinajstić information content (AvgIpc) is 2.70. The van der Waals surface area contributed by atoms with Crippen LogP contribution in [0.1, 0.15) is 23.1 Å². The van der Waals surface area contributed by atoms with E-state index in [0.29, 0.717) is 10.0 Å². The van der Waals surface area contributed by atoms with Gasteiger partial charge in [0.25, 0.3) is 0 Å². The Morgan fingerprint density at radius 1 is 0.893 bits per heavy atom. The van der Waals surface area contributed by atoms with Gasteiger partial charge >= 0.3 is 0 Å². The zero-order chi connectivity index (χ0) is 19.8. The van der Waals surface area contributed by atoms with Crippen molar-refractivity contribution in [2.75, 3.05) is 0 Å². The summed E-state index contributed by atoms with van der Waals surface area (Å²) in [4.78, 5) is 5.33. The maximum atomic E-state index is 6.11. The molecule has 0 atom stereocenters. The molecule has 0 aliphatic carbocycles. The number of aryl methyl sites for hydroxylation is 3. The summed E-state index contributed by atoms with van der Waals surface area (Å²) >= 11 is 12.2. The summed E-state index contributed by atoms with van der Waals surface area (Å²) < 4.78 is 4.37. The largest absolute Gasteiger partial charge is 0.391 e. The van der Waals surface area contributed by atoms with E-state index in [1.807, 2.05) is 24.5 Å². The molecule has 0 amide bonds. The zero-order valence-electron chi connectivity index (χ0n) is 15.8. The molecule has 3 aromatic rings. The number of hydrogen-bond acceptors (Lipinski definition) is 2. The van der Waals surface area contributed by atoms with E-state index in [1.165, 1.54) is 5.56 Å². The molecular formula is C22H23Cl2N3O+2. The molecule has 0 saturated heterocycles. The van der Waals surface area contributed by atoms with Crippen LogP contribution in [-0.2, 0) is 24.5 Å². The third-order valence-electron chi connectivity index (χ3n) is 4.35. The van der Waals surface area contributed by atoms with E-state index in [2.05, 4.69) is 45.7 Å². The third kappa shape index (κ3) is 6.04. The molecule has 0 fully saturated rings. The molecule has 4 nitrogen and oxygen atoms in total.